The number of ether oxygens (including phenoxy) is 1. The van der Waals surface area contributed by atoms with Crippen molar-refractivity contribution in [1.29, 1.82) is 0 Å². The van der Waals surface area contributed by atoms with Crippen LogP contribution in [0, 0.1) is 5.82 Å². The monoisotopic (exact) mass is 504 g/mol. The van der Waals surface area contributed by atoms with Crippen molar-refractivity contribution in [3.05, 3.63) is 35.6 Å². The Bertz CT molecular complexity index is 639. The van der Waals surface area contributed by atoms with Crippen molar-refractivity contribution >= 4 is 29.9 Å². The van der Waals surface area contributed by atoms with Crippen LogP contribution in [-0.2, 0) is 10.2 Å². The van der Waals surface area contributed by atoms with Crippen LogP contribution < -0.4 is 10.6 Å². The summed E-state index contributed by atoms with van der Waals surface area (Å²) in [6.45, 7) is 7.28. The minimum atomic E-state index is -0.119. The van der Waals surface area contributed by atoms with Gasteiger partial charge < -0.3 is 15.4 Å². The summed E-state index contributed by atoms with van der Waals surface area (Å²) >= 11 is 0. The summed E-state index contributed by atoms with van der Waals surface area (Å²) in [5.41, 5.74) is 0.692. The highest BCUT2D eigenvalue weighted by atomic mass is 127. The molecule has 1 atom stereocenters. The van der Waals surface area contributed by atoms with Crippen molar-refractivity contribution < 1.29 is 9.13 Å². The third-order valence-corrected chi connectivity index (χ3v) is 5.77. The SMILES string of the molecule is CCNC(=NCC1(c2ccccc2F)CC1)NCC1CCCN1CCOC.I. The van der Waals surface area contributed by atoms with Crippen molar-refractivity contribution in [2.75, 3.05) is 46.4 Å². The van der Waals surface area contributed by atoms with Crippen LogP contribution in [0.1, 0.15) is 38.2 Å². The van der Waals surface area contributed by atoms with Gasteiger partial charge in [-0.15, -0.1) is 24.0 Å². The second-order valence-corrected chi connectivity index (χ2v) is 7.66. The van der Waals surface area contributed by atoms with Crippen LogP contribution >= 0.6 is 24.0 Å². The molecule has 5 nitrogen and oxygen atoms in total. The van der Waals surface area contributed by atoms with Crippen molar-refractivity contribution in [3.8, 4) is 0 Å². The Morgan fingerprint density at radius 2 is 2.11 bits per heavy atom. The maximum atomic E-state index is 14.2. The van der Waals surface area contributed by atoms with Gasteiger partial charge in [-0.2, -0.15) is 0 Å². The molecule has 1 saturated carbocycles. The Balaban J connectivity index is 0.00000280. The Morgan fingerprint density at radius 1 is 1.32 bits per heavy atom. The first kappa shape index (κ1) is 23.3. The minimum Gasteiger partial charge on any atom is -0.383 e. The number of aliphatic imine (C=N–C) groups is 1. The maximum Gasteiger partial charge on any atom is 0.191 e. The van der Waals surface area contributed by atoms with Crippen molar-refractivity contribution in [2.24, 2.45) is 4.99 Å². The van der Waals surface area contributed by atoms with E-state index in [1.165, 1.54) is 12.8 Å². The Kier molecular flexibility index (Phi) is 9.43. The van der Waals surface area contributed by atoms with E-state index in [2.05, 4.69) is 22.5 Å². The van der Waals surface area contributed by atoms with Gasteiger partial charge in [-0.25, -0.2) is 4.39 Å². The van der Waals surface area contributed by atoms with E-state index in [0.717, 1.165) is 57.2 Å². The number of likely N-dealkylation sites (tertiary alicyclic amines) is 1. The number of benzene rings is 1. The highest BCUT2D eigenvalue weighted by Crippen LogP contribution is 2.49. The lowest BCUT2D eigenvalue weighted by molar-refractivity contribution is 0.141. The third kappa shape index (κ3) is 6.03. The van der Waals surface area contributed by atoms with Crippen LogP contribution in [0.4, 0.5) is 4.39 Å². The number of hydrogen-bond acceptors (Lipinski definition) is 3. The van der Waals surface area contributed by atoms with Crippen LogP contribution in [0.25, 0.3) is 0 Å². The molecule has 0 radical (unpaired) electrons. The van der Waals surface area contributed by atoms with Gasteiger partial charge in [-0.1, -0.05) is 18.2 Å². The average Bonchev–Trinajstić information content (AvgIpc) is 3.33. The number of guanidine groups is 1. The molecule has 3 rings (SSSR count). The van der Waals surface area contributed by atoms with Crippen LogP contribution in [0.3, 0.4) is 0 Å². The lowest BCUT2D eigenvalue weighted by Crippen LogP contribution is -2.45. The lowest BCUT2D eigenvalue weighted by Gasteiger charge is -2.25. The molecule has 28 heavy (non-hydrogen) atoms. The van der Waals surface area contributed by atoms with Crippen LogP contribution in [0.2, 0.25) is 0 Å². The molecule has 0 aromatic heterocycles. The summed E-state index contributed by atoms with van der Waals surface area (Å²) in [7, 11) is 1.75. The number of halogens is 2. The predicted octanol–water partition coefficient (Wildman–Crippen LogP) is 3.14. The fourth-order valence-electron chi connectivity index (χ4n) is 3.97. The summed E-state index contributed by atoms with van der Waals surface area (Å²) < 4.78 is 19.4. The van der Waals surface area contributed by atoms with Crippen molar-refractivity contribution in [2.45, 2.75) is 44.1 Å². The summed E-state index contributed by atoms with van der Waals surface area (Å²) in [6, 6.07) is 7.65. The van der Waals surface area contributed by atoms with Gasteiger partial charge in [-0.05, 0) is 50.8 Å². The molecule has 158 valence electrons. The summed E-state index contributed by atoms with van der Waals surface area (Å²) in [4.78, 5) is 7.29. The van der Waals surface area contributed by atoms with Crippen LogP contribution in [0.15, 0.2) is 29.3 Å². The van der Waals surface area contributed by atoms with E-state index in [0.29, 0.717) is 12.6 Å². The first-order valence-corrected chi connectivity index (χ1v) is 10.2. The van der Waals surface area contributed by atoms with Gasteiger partial charge in [0.25, 0.3) is 0 Å². The largest absolute Gasteiger partial charge is 0.383 e. The van der Waals surface area contributed by atoms with E-state index < -0.39 is 0 Å². The van der Waals surface area contributed by atoms with E-state index in [-0.39, 0.29) is 35.2 Å². The van der Waals surface area contributed by atoms with E-state index in [1.807, 2.05) is 12.1 Å². The minimum absolute atomic E-state index is 0. The van der Waals surface area contributed by atoms with E-state index in [9.17, 15) is 4.39 Å². The molecule has 2 N–H and O–H groups in total. The number of hydrogen-bond donors (Lipinski definition) is 2. The number of rotatable bonds is 9. The molecular formula is C21H34FIN4O. The van der Waals surface area contributed by atoms with E-state index >= 15 is 0 Å². The molecule has 1 heterocycles. The molecule has 7 heteroatoms. The van der Waals surface area contributed by atoms with Gasteiger partial charge in [0.05, 0.1) is 13.2 Å². The fourth-order valence-corrected chi connectivity index (χ4v) is 3.97. The highest BCUT2D eigenvalue weighted by Gasteiger charge is 2.45. The average molecular weight is 504 g/mol. The molecular weight excluding hydrogens is 470 g/mol. The molecule has 1 unspecified atom stereocenters. The van der Waals surface area contributed by atoms with Crippen LogP contribution in [-0.4, -0.2) is 63.3 Å². The number of methoxy groups -OCH3 is 1. The number of nitrogens with zero attached hydrogens (tertiary/aromatic N) is 2. The Morgan fingerprint density at radius 3 is 2.79 bits per heavy atom. The lowest BCUT2D eigenvalue weighted by atomic mass is 9.95. The molecule has 1 aliphatic heterocycles. The Hall–Kier alpha value is -0.930. The zero-order valence-corrected chi connectivity index (χ0v) is 19.4. The molecule has 1 aliphatic carbocycles. The normalized spacial score (nSPS) is 21.2. The molecule has 0 spiro atoms. The van der Waals surface area contributed by atoms with E-state index in [4.69, 9.17) is 9.73 Å². The Labute approximate surface area is 185 Å². The third-order valence-electron chi connectivity index (χ3n) is 5.77. The van der Waals surface area contributed by atoms with E-state index in [1.54, 1.807) is 19.2 Å². The first-order chi connectivity index (χ1) is 13.2. The molecule has 1 aromatic rings. The summed E-state index contributed by atoms with van der Waals surface area (Å²) in [5, 5.41) is 6.83. The molecule has 2 fully saturated rings. The number of nitrogens with one attached hydrogen (secondary N) is 2. The molecule has 1 saturated heterocycles. The van der Waals surface area contributed by atoms with Gasteiger partial charge in [0, 0.05) is 38.2 Å². The van der Waals surface area contributed by atoms with Gasteiger partial charge in [0.1, 0.15) is 5.82 Å². The van der Waals surface area contributed by atoms with Gasteiger partial charge in [-0.3, -0.25) is 9.89 Å². The van der Waals surface area contributed by atoms with Crippen molar-refractivity contribution in [1.82, 2.24) is 15.5 Å². The van der Waals surface area contributed by atoms with Gasteiger partial charge >= 0.3 is 0 Å². The second kappa shape index (κ2) is 11.3. The predicted molar refractivity (Wildman–Crippen MR) is 123 cm³/mol. The van der Waals surface area contributed by atoms with Gasteiger partial charge in [0.15, 0.2) is 5.96 Å². The zero-order valence-electron chi connectivity index (χ0n) is 17.0. The van der Waals surface area contributed by atoms with Crippen molar-refractivity contribution in [3.63, 3.8) is 0 Å². The smallest absolute Gasteiger partial charge is 0.191 e. The molecule has 2 aliphatic rings. The van der Waals surface area contributed by atoms with Gasteiger partial charge in [0.2, 0.25) is 0 Å². The summed E-state index contributed by atoms with van der Waals surface area (Å²) in [5.74, 6) is 0.724. The first-order valence-electron chi connectivity index (χ1n) is 10.2. The highest BCUT2D eigenvalue weighted by molar-refractivity contribution is 14.0. The quantitative estimate of drug-likeness (QED) is 0.308. The summed E-state index contributed by atoms with van der Waals surface area (Å²) in [6.07, 6.45) is 4.45. The molecule has 0 bridgehead atoms. The molecule has 1 aromatic carbocycles. The standard InChI is InChI=1S/C21H33FN4O.HI/c1-3-23-20(24-15-17-7-6-12-26(17)13-14-27-2)25-16-21(10-11-21)18-8-4-5-9-19(18)22;/h4-5,8-9,17H,3,6-7,10-16H2,1-2H3,(H2,23,24,25);1H. The van der Waals surface area contributed by atoms with Crippen LogP contribution in [0.5, 0.6) is 0 Å². The topological polar surface area (TPSA) is 48.9 Å². The fraction of sp³-hybridized carbons (Fsp3) is 0.667. The molecule has 0 amide bonds. The maximum absolute atomic E-state index is 14.2. The second-order valence-electron chi connectivity index (χ2n) is 7.66. The zero-order chi connectivity index (χ0) is 19.1.